The number of likely N-dealkylation sites (tertiary alicyclic amines) is 2. The van der Waals surface area contributed by atoms with Crippen molar-refractivity contribution in [2.45, 2.75) is 25.8 Å². The van der Waals surface area contributed by atoms with Crippen LogP contribution in [0, 0.1) is 17.8 Å². The Morgan fingerprint density at radius 1 is 0.952 bits per heavy atom. The van der Waals surface area contributed by atoms with Gasteiger partial charge in [0.2, 0.25) is 0 Å². The predicted octanol–water partition coefficient (Wildman–Crippen LogP) is -0.323. The van der Waals surface area contributed by atoms with E-state index in [2.05, 4.69) is 0 Å². The van der Waals surface area contributed by atoms with Gasteiger partial charge >= 0.3 is 11.8 Å². The molecule has 3 saturated heterocycles. The van der Waals surface area contributed by atoms with Crippen molar-refractivity contribution in [3.05, 3.63) is 0 Å². The van der Waals surface area contributed by atoms with Crippen LogP contribution in [0.5, 0.6) is 0 Å². The molecule has 0 spiro atoms. The summed E-state index contributed by atoms with van der Waals surface area (Å²) in [7, 11) is 0. The second-order valence-corrected chi connectivity index (χ2v) is 6.77. The predicted molar refractivity (Wildman–Crippen MR) is 77.3 cm³/mol. The van der Waals surface area contributed by atoms with E-state index in [1.54, 1.807) is 9.80 Å². The molecular weight excluding hydrogens is 270 g/mol. The highest BCUT2D eigenvalue weighted by atomic mass is 16.5. The van der Waals surface area contributed by atoms with Gasteiger partial charge in [-0.2, -0.15) is 0 Å². The SMILES string of the molecule is C[C@@H]1CN(C(=O)C(=O)N2CC(C3CCOCC3)C2)C[C@H]1N. The molecule has 2 N–H and O–H groups in total. The normalized spacial score (nSPS) is 31.3. The molecule has 2 amide bonds. The average Bonchev–Trinajstić information content (AvgIpc) is 2.77. The zero-order valence-electron chi connectivity index (χ0n) is 12.7. The first-order chi connectivity index (χ1) is 10.1. The van der Waals surface area contributed by atoms with Crippen LogP contribution < -0.4 is 5.73 Å². The van der Waals surface area contributed by atoms with Crippen molar-refractivity contribution >= 4 is 11.8 Å². The molecule has 3 aliphatic heterocycles. The Labute approximate surface area is 125 Å². The Kier molecular flexibility index (Phi) is 4.17. The standard InChI is InChI=1S/C15H25N3O3/c1-10-6-17(9-13(10)16)14(19)15(20)18-7-12(8-18)11-2-4-21-5-3-11/h10-13H,2-9,16H2,1H3/t10-,13-/m1/s1. The molecule has 0 aromatic carbocycles. The molecule has 0 bridgehead atoms. The Morgan fingerprint density at radius 3 is 2.05 bits per heavy atom. The van der Waals surface area contributed by atoms with E-state index in [-0.39, 0.29) is 23.8 Å². The van der Waals surface area contributed by atoms with E-state index in [1.165, 1.54) is 0 Å². The van der Waals surface area contributed by atoms with E-state index in [4.69, 9.17) is 10.5 Å². The fraction of sp³-hybridized carbons (Fsp3) is 0.867. The topological polar surface area (TPSA) is 75.9 Å². The largest absolute Gasteiger partial charge is 0.381 e. The number of nitrogens with zero attached hydrogens (tertiary/aromatic N) is 2. The molecule has 6 heteroatoms. The van der Waals surface area contributed by atoms with Crippen molar-refractivity contribution < 1.29 is 14.3 Å². The summed E-state index contributed by atoms with van der Waals surface area (Å²) in [5.74, 6) is 0.747. The Bertz CT molecular complexity index is 406. The average molecular weight is 295 g/mol. The highest BCUT2D eigenvalue weighted by Gasteiger charge is 2.41. The highest BCUT2D eigenvalue weighted by Crippen LogP contribution is 2.31. The third-order valence-electron chi connectivity index (χ3n) is 5.27. The Hall–Kier alpha value is -1.14. The third-order valence-corrected chi connectivity index (χ3v) is 5.27. The van der Waals surface area contributed by atoms with Gasteiger partial charge in [0.25, 0.3) is 0 Å². The van der Waals surface area contributed by atoms with Crippen LogP contribution in [0.1, 0.15) is 19.8 Å². The molecule has 3 rings (SSSR count). The maximum absolute atomic E-state index is 12.2. The lowest BCUT2D eigenvalue weighted by Gasteiger charge is -2.44. The molecule has 3 heterocycles. The molecule has 118 valence electrons. The lowest BCUT2D eigenvalue weighted by atomic mass is 9.81. The van der Waals surface area contributed by atoms with Crippen LogP contribution in [-0.2, 0) is 14.3 Å². The summed E-state index contributed by atoms with van der Waals surface area (Å²) in [4.78, 5) is 27.7. The number of hydrogen-bond acceptors (Lipinski definition) is 4. The molecule has 0 aliphatic carbocycles. The number of rotatable bonds is 1. The molecule has 0 saturated carbocycles. The van der Waals surface area contributed by atoms with E-state index in [0.717, 1.165) is 39.1 Å². The molecule has 3 fully saturated rings. The molecule has 0 unspecified atom stereocenters. The lowest BCUT2D eigenvalue weighted by molar-refractivity contribution is -0.156. The summed E-state index contributed by atoms with van der Waals surface area (Å²) in [5.41, 5.74) is 5.92. The number of hydrogen-bond donors (Lipinski definition) is 1. The first-order valence-electron chi connectivity index (χ1n) is 7.97. The van der Waals surface area contributed by atoms with Crippen LogP contribution in [0.2, 0.25) is 0 Å². The molecule has 2 atom stereocenters. The zero-order valence-corrected chi connectivity index (χ0v) is 12.7. The lowest BCUT2D eigenvalue weighted by Crippen LogP contribution is -2.57. The van der Waals surface area contributed by atoms with E-state index >= 15 is 0 Å². The van der Waals surface area contributed by atoms with Gasteiger partial charge in [-0.15, -0.1) is 0 Å². The monoisotopic (exact) mass is 295 g/mol. The molecule has 6 nitrogen and oxygen atoms in total. The first-order valence-corrected chi connectivity index (χ1v) is 7.97. The third kappa shape index (κ3) is 2.92. The van der Waals surface area contributed by atoms with Gasteiger partial charge < -0.3 is 20.3 Å². The summed E-state index contributed by atoms with van der Waals surface area (Å²) >= 11 is 0. The zero-order chi connectivity index (χ0) is 15.0. The fourth-order valence-electron chi connectivity index (χ4n) is 3.59. The van der Waals surface area contributed by atoms with Crippen molar-refractivity contribution in [2.75, 3.05) is 39.4 Å². The maximum atomic E-state index is 12.2. The van der Waals surface area contributed by atoms with Crippen molar-refractivity contribution in [1.82, 2.24) is 9.80 Å². The molecule has 0 aromatic rings. The minimum atomic E-state index is -0.375. The number of amides is 2. The highest BCUT2D eigenvalue weighted by molar-refractivity contribution is 6.35. The first kappa shape index (κ1) is 14.8. The number of carbonyl (C=O) groups is 2. The summed E-state index contributed by atoms with van der Waals surface area (Å²) in [6, 6.07) is -0.00636. The second-order valence-electron chi connectivity index (χ2n) is 6.77. The van der Waals surface area contributed by atoms with Gasteiger partial charge in [0, 0.05) is 45.4 Å². The number of ether oxygens (including phenoxy) is 1. The van der Waals surface area contributed by atoms with Crippen LogP contribution in [0.3, 0.4) is 0 Å². The van der Waals surface area contributed by atoms with E-state index in [9.17, 15) is 9.59 Å². The van der Waals surface area contributed by atoms with Crippen LogP contribution >= 0.6 is 0 Å². The number of carbonyl (C=O) groups excluding carboxylic acids is 2. The minimum absolute atomic E-state index is 0.00636. The summed E-state index contributed by atoms with van der Waals surface area (Å²) in [5, 5.41) is 0. The van der Waals surface area contributed by atoms with Gasteiger partial charge in [-0.3, -0.25) is 9.59 Å². The molecule has 0 radical (unpaired) electrons. The van der Waals surface area contributed by atoms with Crippen LogP contribution in [0.4, 0.5) is 0 Å². The molecule has 3 aliphatic rings. The fourth-order valence-corrected chi connectivity index (χ4v) is 3.59. The quantitative estimate of drug-likeness (QED) is 0.673. The van der Waals surface area contributed by atoms with Gasteiger partial charge in [-0.1, -0.05) is 6.92 Å². The van der Waals surface area contributed by atoms with E-state index in [1.807, 2.05) is 6.92 Å². The van der Waals surface area contributed by atoms with Crippen molar-refractivity contribution in [1.29, 1.82) is 0 Å². The number of nitrogens with two attached hydrogens (primary N) is 1. The summed E-state index contributed by atoms with van der Waals surface area (Å²) < 4.78 is 5.37. The van der Waals surface area contributed by atoms with Gasteiger partial charge in [-0.05, 0) is 30.6 Å². The van der Waals surface area contributed by atoms with E-state index < -0.39 is 0 Å². The van der Waals surface area contributed by atoms with Crippen molar-refractivity contribution in [3.63, 3.8) is 0 Å². The Balaban J connectivity index is 1.48. The molecule has 0 aromatic heterocycles. The summed E-state index contributed by atoms with van der Waals surface area (Å²) in [6.45, 7) is 6.24. The van der Waals surface area contributed by atoms with Crippen molar-refractivity contribution in [3.8, 4) is 0 Å². The van der Waals surface area contributed by atoms with Crippen LogP contribution in [-0.4, -0.2) is 67.0 Å². The van der Waals surface area contributed by atoms with Crippen LogP contribution in [0.25, 0.3) is 0 Å². The smallest absolute Gasteiger partial charge is 0.312 e. The van der Waals surface area contributed by atoms with Gasteiger partial charge in [0.15, 0.2) is 0 Å². The Morgan fingerprint density at radius 2 is 1.52 bits per heavy atom. The van der Waals surface area contributed by atoms with Crippen LogP contribution in [0.15, 0.2) is 0 Å². The van der Waals surface area contributed by atoms with Gasteiger partial charge in [-0.25, -0.2) is 0 Å². The van der Waals surface area contributed by atoms with E-state index in [0.29, 0.717) is 24.9 Å². The maximum Gasteiger partial charge on any atom is 0.312 e. The van der Waals surface area contributed by atoms with Gasteiger partial charge in [0.1, 0.15) is 0 Å². The van der Waals surface area contributed by atoms with Crippen molar-refractivity contribution in [2.24, 2.45) is 23.5 Å². The minimum Gasteiger partial charge on any atom is -0.381 e. The second kappa shape index (κ2) is 5.93. The molecule has 21 heavy (non-hydrogen) atoms. The molecular formula is C15H25N3O3. The van der Waals surface area contributed by atoms with Gasteiger partial charge in [0.05, 0.1) is 0 Å². The summed E-state index contributed by atoms with van der Waals surface area (Å²) in [6.07, 6.45) is 2.16.